The molecule has 0 atom stereocenters. The molecule has 4 aromatic rings. The fourth-order valence-corrected chi connectivity index (χ4v) is 4.44. The van der Waals surface area contributed by atoms with Crippen LogP contribution in [0.25, 0.3) is 32.3 Å². The Hall–Kier alpha value is -2.08. The van der Waals surface area contributed by atoms with E-state index >= 15 is 0 Å². The van der Waals surface area contributed by atoms with Gasteiger partial charge in [-0.15, -0.1) is 0 Å². The van der Waals surface area contributed by atoms with Crippen molar-refractivity contribution in [1.29, 1.82) is 0 Å². The number of hydrogen-bond donors (Lipinski definition) is 0. The van der Waals surface area contributed by atoms with Crippen molar-refractivity contribution in [2.75, 3.05) is 0 Å². The van der Waals surface area contributed by atoms with Gasteiger partial charge in [0, 0.05) is 0 Å². The van der Waals surface area contributed by atoms with Crippen molar-refractivity contribution in [3.8, 4) is 0 Å². The van der Waals surface area contributed by atoms with Crippen LogP contribution in [0.1, 0.15) is 43.2 Å². The Bertz CT molecular complexity index is 845. The lowest BCUT2D eigenvalue weighted by Gasteiger charge is -2.14. The van der Waals surface area contributed by atoms with Crippen molar-refractivity contribution in [2.24, 2.45) is 0 Å². The fraction of sp³-hybridized carbons (Fsp3) is 0.304. The standard InChI is InChI=1S/C23H22/c1-2-4-6-16-12-18-8-10-20-14-17(7-5-3-1)15-21-11-9-19(13-16)22(18)23(20)21/h8-15H,1-7H2. The summed E-state index contributed by atoms with van der Waals surface area (Å²) in [5, 5.41) is 8.59. The van der Waals surface area contributed by atoms with Crippen LogP contribution >= 0.6 is 0 Å². The number of aryl methyl sites for hydroxylation is 2. The Balaban J connectivity index is 1.87. The van der Waals surface area contributed by atoms with Crippen molar-refractivity contribution in [1.82, 2.24) is 0 Å². The largest absolute Gasteiger partial charge is 0.0537 e. The first-order chi connectivity index (χ1) is 11.4. The first kappa shape index (κ1) is 13.4. The van der Waals surface area contributed by atoms with Crippen molar-refractivity contribution in [3.05, 3.63) is 59.7 Å². The fourth-order valence-electron chi connectivity index (χ4n) is 4.44. The van der Waals surface area contributed by atoms with Gasteiger partial charge >= 0.3 is 0 Å². The van der Waals surface area contributed by atoms with E-state index in [1.54, 1.807) is 0 Å². The van der Waals surface area contributed by atoms with Gasteiger partial charge < -0.3 is 0 Å². The molecule has 23 heavy (non-hydrogen) atoms. The van der Waals surface area contributed by atoms with Crippen LogP contribution < -0.4 is 0 Å². The Morgan fingerprint density at radius 1 is 0.435 bits per heavy atom. The smallest absolute Gasteiger partial charge is 0.00266 e. The Kier molecular flexibility index (Phi) is 3.04. The predicted molar refractivity (Wildman–Crippen MR) is 101 cm³/mol. The van der Waals surface area contributed by atoms with Crippen LogP contribution in [0.2, 0.25) is 0 Å². The number of hydrogen-bond acceptors (Lipinski definition) is 0. The molecule has 0 fully saturated rings. The van der Waals surface area contributed by atoms with Crippen LogP contribution in [0, 0.1) is 0 Å². The van der Waals surface area contributed by atoms with E-state index in [9.17, 15) is 0 Å². The Morgan fingerprint density at radius 3 is 1.17 bits per heavy atom. The zero-order valence-electron chi connectivity index (χ0n) is 13.6. The quantitative estimate of drug-likeness (QED) is 0.319. The minimum Gasteiger partial charge on any atom is -0.0537 e. The van der Waals surface area contributed by atoms with Gasteiger partial charge in [0.05, 0.1) is 0 Å². The van der Waals surface area contributed by atoms with E-state index in [0.717, 1.165) is 0 Å². The summed E-state index contributed by atoms with van der Waals surface area (Å²) in [6.45, 7) is 0. The second-order valence-corrected chi connectivity index (χ2v) is 7.23. The molecule has 0 aromatic heterocycles. The normalized spacial score (nSPS) is 16.3. The molecule has 0 radical (unpaired) electrons. The average Bonchev–Trinajstić information content (AvgIpc) is 2.59. The molecule has 4 aliphatic carbocycles. The highest BCUT2D eigenvalue weighted by molar-refractivity contribution is 6.23. The monoisotopic (exact) mass is 298 g/mol. The van der Waals surface area contributed by atoms with E-state index in [1.807, 2.05) is 0 Å². The van der Waals surface area contributed by atoms with Crippen LogP contribution in [0.3, 0.4) is 0 Å². The first-order valence-electron chi connectivity index (χ1n) is 9.09. The molecule has 0 saturated heterocycles. The molecular formula is C23H22. The highest BCUT2D eigenvalue weighted by Gasteiger charge is 2.11. The second-order valence-electron chi connectivity index (χ2n) is 7.23. The Labute approximate surface area is 137 Å². The molecule has 0 spiro atoms. The summed E-state index contributed by atoms with van der Waals surface area (Å²) in [5.74, 6) is 0. The zero-order valence-corrected chi connectivity index (χ0v) is 13.6. The summed E-state index contributed by atoms with van der Waals surface area (Å²) in [6, 6.07) is 19.0. The van der Waals surface area contributed by atoms with E-state index in [1.165, 1.54) is 88.4 Å². The van der Waals surface area contributed by atoms with Gasteiger partial charge in [0.1, 0.15) is 0 Å². The van der Waals surface area contributed by atoms with E-state index < -0.39 is 0 Å². The number of rotatable bonds is 0. The molecule has 8 bridgehead atoms. The van der Waals surface area contributed by atoms with Gasteiger partial charge in [-0.05, 0) is 69.1 Å². The molecular weight excluding hydrogens is 276 g/mol. The lowest BCUT2D eigenvalue weighted by Crippen LogP contribution is -1.90. The van der Waals surface area contributed by atoms with Gasteiger partial charge in [-0.2, -0.15) is 0 Å². The third-order valence-corrected chi connectivity index (χ3v) is 5.58. The molecule has 0 unspecified atom stereocenters. The number of benzene rings is 4. The summed E-state index contributed by atoms with van der Waals surface area (Å²) in [7, 11) is 0. The molecule has 114 valence electrons. The summed E-state index contributed by atoms with van der Waals surface area (Å²) in [4.78, 5) is 0. The maximum absolute atomic E-state index is 2.43. The maximum atomic E-state index is 2.43. The van der Waals surface area contributed by atoms with E-state index in [-0.39, 0.29) is 0 Å². The summed E-state index contributed by atoms with van der Waals surface area (Å²) < 4.78 is 0. The van der Waals surface area contributed by atoms with Crippen LogP contribution in [0.4, 0.5) is 0 Å². The molecule has 4 aliphatic rings. The minimum absolute atomic E-state index is 1.22. The molecule has 4 aromatic carbocycles. The third-order valence-electron chi connectivity index (χ3n) is 5.58. The molecule has 0 N–H and O–H groups in total. The molecule has 8 rings (SSSR count). The topological polar surface area (TPSA) is 0 Å². The van der Waals surface area contributed by atoms with Crippen molar-refractivity contribution >= 4 is 32.3 Å². The van der Waals surface area contributed by atoms with Crippen molar-refractivity contribution in [3.63, 3.8) is 0 Å². The van der Waals surface area contributed by atoms with Gasteiger partial charge in [0.2, 0.25) is 0 Å². The molecule has 0 amide bonds. The molecule has 0 heteroatoms. The van der Waals surface area contributed by atoms with Crippen LogP contribution in [0.5, 0.6) is 0 Å². The van der Waals surface area contributed by atoms with E-state index in [2.05, 4.69) is 48.5 Å². The molecule has 0 saturated carbocycles. The van der Waals surface area contributed by atoms with E-state index in [4.69, 9.17) is 0 Å². The zero-order chi connectivity index (χ0) is 15.2. The summed E-state index contributed by atoms with van der Waals surface area (Å²) in [6.07, 6.45) is 9.21. The highest BCUT2D eigenvalue weighted by atomic mass is 14.1. The minimum atomic E-state index is 1.22. The Morgan fingerprint density at radius 2 is 0.783 bits per heavy atom. The third kappa shape index (κ3) is 2.20. The van der Waals surface area contributed by atoms with Gasteiger partial charge in [-0.25, -0.2) is 0 Å². The van der Waals surface area contributed by atoms with Crippen LogP contribution in [0.15, 0.2) is 48.5 Å². The molecule has 0 heterocycles. The van der Waals surface area contributed by atoms with Crippen LogP contribution in [-0.4, -0.2) is 0 Å². The van der Waals surface area contributed by atoms with Crippen LogP contribution in [-0.2, 0) is 12.8 Å². The first-order valence-corrected chi connectivity index (χ1v) is 9.09. The van der Waals surface area contributed by atoms with Crippen molar-refractivity contribution in [2.45, 2.75) is 44.9 Å². The molecule has 0 nitrogen and oxygen atoms in total. The number of fused-ring (bicyclic) bond motifs is 2. The van der Waals surface area contributed by atoms with Gasteiger partial charge in [-0.1, -0.05) is 67.8 Å². The van der Waals surface area contributed by atoms with Crippen molar-refractivity contribution < 1.29 is 0 Å². The maximum Gasteiger partial charge on any atom is -0.00266 e. The van der Waals surface area contributed by atoms with Gasteiger partial charge in [0.15, 0.2) is 0 Å². The highest BCUT2D eigenvalue weighted by Crippen LogP contribution is 2.36. The summed E-state index contributed by atoms with van der Waals surface area (Å²) >= 11 is 0. The SMILES string of the molecule is c1cc2cc3cc4ccc5cc(cc1c5c24)CCCCCCC3. The van der Waals surface area contributed by atoms with Gasteiger partial charge in [-0.3, -0.25) is 0 Å². The average molecular weight is 298 g/mol. The van der Waals surface area contributed by atoms with E-state index in [0.29, 0.717) is 0 Å². The predicted octanol–water partition coefficient (Wildman–Crippen LogP) is 6.63. The second kappa shape index (κ2) is 5.23. The summed E-state index contributed by atoms with van der Waals surface area (Å²) in [5.41, 5.74) is 3.01. The molecule has 0 aliphatic heterocycles. The lowest BCUT2D eigenvalue weighted by molar-refractivity contribution is 0.614. The lowest BCUT2D eigenvalue weighted by atomic mass is 9.90. The van der Waals surface area contributed by atoms with Gasteiger partial charge in [0.25, 0.3) is 0 Å².